The number of benzene rings is 1. The van der Waals surface area contributed by atoms with E-state index in [0.717, 1.165) is 32.4 Å². The second kappa shape index (κ2) is 5.15. The van der Waals surface area contributed by atoms with Crippen LogP contribution in [0.4, 0.5) is 4.39 Å². The van der Waals surface area contributed by atoms with E-state index in [1.165, 1.54) is 12.1 Å². The zero-order valence-corrected chi connectivity index (χ0v) is 13.0. The summed E-state index contributed by atoms with van der Waals surface area (Å²) in [6.07, 6.45) is 2.99. The monoisotopic (exact) mass is 315 g/mol. The Kier molecular flexibility index (Phi) is 3.21. The van der Waals surface area contributed by atoms with Gasteiger partial charge in [-0.3, -0.25) is 4.79 Å². The number of carbonyl (C=O) groups is 1. The number of rotatable bonds is 2. The Morgan fingerprint density at radius 3 is 2.83 bits per heavy atom. The highest BCUT2D eigenvalue weighted by molar-refractivity contribution is 5.73. The topological polar surface area (TPSA) is 59.2 Å². The van der Waals surface area contributed by atoms with Gasteiger partial charge in [-0.05, 0) is 42.9 Å². The fourth-order valence-electron chi connectivity index (χ4n) is 3.63. The Morgan fingerprint density at radius 2 is 2.13 bits per heavy atom. The first-order valence-electron chi connectivity index (χ1n) is 7.92. The van der Waals surface area contributed by atoms with Crippen LogP contribution in [0.3, 0.4) is 0 Å². The number of halogens is 1. The lowest BCUT2D eigenvalue weighted by atomic mass is 9.91. The summed E-state index contributed by atoms with van der Waals surface area (Å²) in [6.45, 7) is 3.22. The normalized spacial score (nSPS) is 22.3. The highest BCUT2D eigenvalue weighted by Crippen LogP contribution is 2.64. The number of piperidine rings is 1. The molecule has 0 bridgehead atoms. The first-order valence-corrected chi connectivity index (χ1v) is 7.92. The van der Waals surface area contributed by atoms with Crippen LogP contribution in [0.25, 0.3) is 11.5 Å². The van der Waals surface area contributed by atoms with Gasteiger partial charge in [0.2, 0.25) is 17.7 Å². The number of amides is 1. The lowest BCUT2D eigenvalue weighted by Gasteiger charge is -2.31. The Balaban J connectivity index is 1.48. The van der Waals surface area contributed by atoms with Crippen LogP contribution in [-0.2, 0) is 4.79 Å². The van der Waals surface area contributed by atoms with Crippen LogP contribution in [0, 0.1) is 11.2 Å². The maximum atomic E-state index is 13.3. The van der Waals surface area contributed by atoms with Gasteiger partial charge in [-0.1, -0.05) is 6.07 Å². The number of hydrogen-bond donors (Lipinski definition) is 0. The van der Waals surface area contributed by atoms with Gasteiger partial charge >= 0.3 is 0 Å². The molecule has 23 heavy (non-hydrogen) atoms. The molecule has 0 N–H and O–H groups in total. The van der Waals surface area contributed by atoms with Crippen molar-refractivity contribution in [1.29, 1.82) is 0 Å². The molecule has 1 spiro atoms. The third kappa shape index (κ3) is 2.52. The number of nitrogens with zero attached hydrogens (tertiary/aromatic N) is 3. The second-order valence-corrected chi connectivity index (χ2v) is 6.58. The average Bonchev–Trinajstić information content (AvgIpc) is 3.02. The van der Waals surface area contributed by atoms with Crippen LogP contribution in [0.5, 0.6) is 0 Å². The Morgan fingerprint density at radius 1 is 1.35 bits per heavy atom. The summed E-state index contributed by atoms with van der Waals surface area (Å²) in [5.74, 6) is 1.10. The van der Waals surface area contributed by atoms with Gasteiger partial charge in [0.15, 0.2) is 0 Å². The fraction of sp³-hybridized carbons (Fsp3) is 0.471. The summed E-state index contributed by atoms with van der Waals surface area (Å²) in [5.41, 5.74) is 0.808. The molecule has 1 aliphatic carbocycles. The molecule has 120 valence electrons. The highest BCUT2D eigenvalue weighted by atomic mass is 19.1. The number of aromatic nitrogens is 2. The van der Waals surface area contributed by atoms with Gasteiger partial charge in [-0.15, -0.1) is 10.2 Å². The van der Waals surface area contributed by atoms with E-state index < -0.39 is 0 Å². The molecule has 1 saturated carbocycles. The van der Waals surface area contributed by atoms with E-state index in [1.807, 2.05) is 4.90 Å². The molecule has 6 heteroatoms. The van der Waals surface area contributed by atoms with Crippen LogP contribution in [0.1, 0.15) is 38.0 Å². The Bertz CT molecular complexity index is 750. The van der Waals surface area contributed by atoms with E-state index in [4.69, 9.17) is 4.42 Å². The quantitative estimate of drug-likeness (QED) is 0.855. The molecule has 2 aliphatic rings. The number of carbonyl (C=O) groups excluding carboxylic acids is 1. The first kappa shape index (κ1) is 14.4. The maximum absolute atomic E-state index is 13.3. The van der Waals surface area contributed by atoms with Gasteiger partial charge in [-0.2, -0.15) is 0 Å². The Labute approximate surface area is 133 Å². The minimum atomic E-state index is -0.318. The number of hydrogen-bond acceptors (Lipinski definition) is 4. The standard InChI is InChI=1S/C17H18FN3O2/c1-11(22)21-7-5-17(6-8-21)10-14(17)16-20-19-15(23-16)12-3-2-4-13(18)9-12/h2-4,9,14H,5-8,10H2,1H3. The third-order valence-electron chi connectivity index (χ3n) is 5.20. The summed E-state index contributed by atoms with van der Waals surface area (Å²) >= 11 is 0. The SMILES string of the molecule is CC(=O)N1CCC2(CC1)CC2c1nnc(-c2cccc(F)c2)o1. The zero-order chi connectivity index (χ0) is 16.0. The molecule has 2 aromatic rings. The van der Waals surface area contributed by atoms with Crippen molar-refractivity contribution >= 4 is 5.91 Å². The summed E-state index contributed by atoms with van der Waals surface area (Å²) in [6, 6.07) is 6.17. The Hall–Kier alpha value is -2.24. The summed E-state index contributed by atoms with van der Waals surface area (Å²) in [5, 5.41) is 8.23. The van der Waals surface area contributed by atoms with E-state index in [-0.39, 0.29) is 23.1 Å². The second-order valence-electron chi connectivity index (χ2n) is 6.58. The van der Waals surface area contributed by atoms with Crippen LogP contribution in [0.15, 0.2) is 28.7 Å². The van der Waals surface area contributed by atoms with Crippen molar-refractivity contribution in [3.8, 4) is 11.5 Å². The zero-order valence-electron chi connectivity index (χ0n) is 13.0. The molecule has 1 unspecified atom stereocenters. The minimum Gasteiger partial charge on any atom is -0.420 e. The van der Waals surface area contributed by atoms with Crippen molar-refractivity contribution in [2.24, 2.45) is 5.41 Å². The van der Waals surface area contributed by atoms with E-state index in [2.05, 4.69) is 10.2 Å². The van der Waals surface area contributed by atoms with Crippen LogP contribution >= 0.6 is 0 Å². The lowest BCUT2D eigenvalue weighted by Crippen LogP contribution is -2.38. The molecule has 1 amide bonds. The van der Waals surface area contributed by atoms with Gasteiger partial charge in [0, 0.05) is 31.5 Å². The van der Waals surface area contributed by atoms with Gasteiger partial charge in [0.1, 0.15) is 5.82 Å². The predicted molar refractivity (Wildman–Crippen MR) is 81.0 cm³/mol. The van der Waals surface area contributed by atoms with Crippen molar-refractivity contribution in [3.63, 3.8) is 0 Å². The predicted octanol–water partition coefficient (Wildman–Crippen LogP) is 2.99. The van der Waals surface area contributed by atoms with Crippen LogP contribution < -0.4 is 0 Å². The van der Waals surface area contributed by atoms with E-state index in [1.54, 1.807) is 19.1 Å². The molecule has 4 rings (SSSR count). The van der Waals surface area contributed by atoms with Crippen LogP contribution in [-0.4, -0.2) is 34.1 Å². The number of likely N-dealkylation sites (tertiary alicyclic amines) is 1. The van der Waals surface area contributed by atoms with E-state index in [9.17, 15) is 9.18 Å². The molecule has 1 aliphatic heterocycles. The average molecular weight is 315 g/mol. The first-order chi connectivity index (χ1) is 11.1. The molecule has 1 aromatic carbocycles. The summed E-state index contributed by atoms with van der Waals surface area (Å²) in [4.78, 5) is 13.3. The molecule has 0 radical (unpaired) electrons. The van der Waals surface area contributed by atoms with E-state index in [0.29, 0.717) is 17.3 Å². The van der Waals surface area contributed by atoms with Crippen molar-refractivity contribution in [3.05, 3.63) is 36.0 Å². The lowest BCUT2D eigenvalue weighted by molar-refractivity contribution is -0.130. The molecule has 1 aromatic heterocycles. The van der Waals surface area contributed by atoms with E-state index >= 15 is 0 Å². The van der Waals surface area contributed by atoms with Gasteiger partial charge in [0.05, 0.1) is 0 Å². The fourth-order valence-corrected chi connectivity index (χ4v) is 3.63. The van der Waals surface area contributed by atoms with Crippen molar-refractivity contribution in [2.45, 2.75) is 32.1 Å². The van der Waals surface area contributed by atoms with Crippen molar-refractivity contribution in [2.75, 3.05) is 13.1 Å². The maximum Gasteiger partial charge on any atom is 0.247 e. The molecule has 1 atom stereocenters. The largest absolute Gasteiger partial charge is 0.420 e. The molecule has 5 nitrogen and oxygen atoms in total. The van der Waals surface area contributed by atoms with Gasteiger partial charge < -0.3 is 9.32 Å². The minimum absolute atomic E-state index is 0.142. The van der Waals surface area contributed by atoms with Crippen LogP contribution in [0.2, 0.25) is 0 Å². The molecule has 2 heterocycles. The highest BCUT2D eigenvalue weighted by Gasteiger charge is 2.58. The molecular weight excluding hydrogens is 297 g/mol. The van der Waals surface area contributed by atoms with Gasteiger partial charge in [-0.25, -0.2) is 4.39 Å². The summed E-state index contributed by atoms with van der Waals surface area (Å²) < 4.78 is 19.1. The smallest absolute Gasteiger partial charge is 0.247 e. The third-order valence-corrected chi connectivity index (χ3v) is 5.20. The molecule has 1 saturated heterocycles. The summed E-state index contributed by atoms with van der Waals surface area (Å²) in [7, 11) is 0. The molecular formula is C17H18FN3O2. The van der Waals surface area contributed by atoms with Crippen molar-refractivity contribution < 1.29 is 13.6 Å². The molecule has 2 fully saturated rings. The van der Waals surface area contributed by atoms with Gasteiger partial charge in [0.25, 0.3) is 0 Å². The van der Waals surface area contributed by atoms with Crippen molar-refractivity contribution in [1.82, 2.24) is 15.1 Å².